The van der Waals surface area contributed by atoms with Gasteiger partial charge in [-0.15, -0.1) is 0 Å². The van der Waals surface area contributed by atoms with E-state index in [2.05, 4.69) is 4.98 Å². The third-order valence-corrected chi connectivity index (χ3v) is 2.81. The van der Waals surface area contributed by atoms with Gasteiger partial charge in [0.1, 0.15) is 5.82 Å². The molecule has 3 nitrogen and oxygen atoms in total. The van der Waals surface area contributed by atoms with Gasteiger partial charge >= 0.3 is 0 Å². The van der Waals surface area contributed by atoms with Crippen LogP contribution in [0.15, 0.2) is 48.7 Å². The number of hydrogen-bond acceptors (Lipinski definition) is 3. The van der Waals surface area contributed by atoms with Gasteiger partial charge in [-0.05, 0) is 30.5 Å². The van der Waals surface area contributed by atoms with E-state index in [0.29, 0.717) is 12.2 Å². The molecule has 1 heterocycles. The van der Waals surface area contributed by atoms with E-state index < -0.39 is 0 Å². The molecule has 0 aliphatic rings. The number of aryl methyl sites for hydroxylation is 1. The highest BCUT2D eigenvalue weighted by Gasteiger charge is 2.04. The molecule has 0 aliphatic heterocycles. The van der Waals surface area contributed by atoms with E-state index in [4.69, 9.17) is 5.73 Å². The van der Waals surface area contributed by atoms with Gasteiger partial charge in [0.15, 0.2) is 5.78 Å². The summed E-state index contributed by atoms with van der Waals surface area (Å²) in [7, 11) is 0. The molecule has 1 aromatic carbocycles. The number of nitrogens with zero attached hydrogens (tertiary/aromatic N) is 1. The lowest BCUT2D eigenvalue weighted by Crippen LogP contribution is -2.00. The molecule has 2 rings (SSSR count). The predicted molar refractivity (Wildman–Crippen MR) is 72.4 cm³/mol. The fraction of sp³-hybridized carbons (Fsp3) is 0.200. The summed E-state index contributed by atoms with van der Waals surface area (Å²) in [6, 6.07) is 13.2. The Morgan fingerprint density at radius 3 is 2.67 bits per heavy atom. The van der Waals surface area contributed by atoms with Crippen LogP contribution < -0.4 is 5.73 Å². The van der Waals surface area contributed by atoms with Crippen LogP contribution in [-0.4, -0.2) is 10.8 Å². The summed E-state index contributed by atoms with van der Waals surface area (Å²) in [4.78, 5) is 15.8. The molecule has 2 aromatic rings. The highest BCUT2D eigenvalue weighted by Crippen LogP contribution is 2.10. The second-order valence-corrected chi connectivity index (χ2v) is 4.23. The Morgan fingerprint density at radius 1 is 1.17 bits per heavy atom. The average molecular weight is 240 g/mol. The van der Waals surface area contributed by atoms with Crippen molar-refractivity contribution in [3.05, 3.63) is 59.8 Å². The van der Waals surface area contributed by atoms with Gasteiger partial charge in [0.05, 0.1) is 0 Å². The molecule has 0 aliphatic carbocycles. The van der Waals surface area contributed by atoms with E-state index in [-0.39, 0.29) is 5.78 Å². The largest absolute Gasteiger partial charge is 0.384 e. The minimum atomic E-state index is 0.192. The minimum absolute atomic E-state index is 0.192. The van der Waals surface area contributed by atoms with Gasteiger partial charge in [-0.1, -0.05) is 30.3 Å². The fourth-order valence-corrected chi connectivity index (χ4v) is 1.87. The first kappa shape index (κ1) is 12.3. The summed E-state index contributed by atoms with van der Waals surface area (Å²) in [5.74, 6) is 0.722. The standard InChI is InChI=1S/C15H16N2O/c16-15-11-12(9-10-17-15)5-4-8-14(18)13-6-2-1-3-7-13/h1-3,6-7,9-11H,4-5,8H2,(H2,16,17). The number of aromatic nitrogens is 1. The molecule has 0 spiro atoms. The number of rotatable bonds is 5. The summed E-state index contributed by atoms with van der Waals surface area (Å²) in [5.41, 5.74) is 7.52. The number of pyridine rings is 1. The van der Waals surface area contributed by atoms with Crippen molar-refractivity contribution in [3.8, 4) is 0 Å². The van der Waals surface area contributed by atoms with Gasteiger partial charge in [0, 0.05) is 18.2 Å². The van der Waals surface area contributed by atoms with Crippen LogP contribution in [0, 0.1) is 0 Å². The Morgan fingerprint density at radius 2 is 1.94 bits per heavy atom. The lowest BCUT2D eigenvalue weighted by Gasteiger charge is -2.02. The maximum absolute atomic E-state index is 11.9. The van der Waals surface area contributed by atoms with Crippen molar-refractivity contribution in [2.45, 2.75) is 19.3 Å². The first-order valence-corrected chi connectivity index (χ1v) is 6.04. The average Bonchev–Trinajstić information content (AvgIpc) is 2.40. The first-order valence-electron chi connectivity index (χ1n) is 6.04. The third-order valence-electron chi connectivity index (χ3n) is 2.81. The number of nitrogen functional groups attached to an aromatic ring is 1. The van der Waals surface area contributed by atoms with Crippen molar-refractivity contribution in [1.82, 2.24) is 4.98 Å². The highest BCUT2D eigenvalue weighted by atomic mass is 16.1. The highest BCUT2D eigenvalue weighted by molar-refractivity contribution is 5.95. The van der Waals surface area contributed by atoms with E-state index >= 15 is 0 Å². The maximum Gasteiger partial charge on any atom is 0.162 e. The zero-order valence-corrected chi connectivity index (χ0v) is 10.2. The summed E-state index contributed by atoms with van der Waals surface area (Å²) >= 11 is 0. The van der Waals surface area contributed by atoms with Crippen molar-refractivity contribution < 1.29 is 4.79 Å². The zero-order valence-electron chi connectivity index (χ0n) is 10.2. The lowest BCUT2D eigenvalue weighted by molar-refractivity contribution is 0.0980. The van der Waals surface area contributed by atoms with Crippen LogP contribution >= 0.6 is 0 Å². The molecule has 0 amide bonds. The van der Waals surface area contributed by atoms with Crippen LogP contribution in [0.4, 0.5) is 5.82 Å². The number of anilines is 1. The van der Waals surface area contributed by atoms with Crippen molar-refractivity contribution in [3.63, 3.8) is 0 Å². The van der Waals surface area contributed by atoms with Gasteiger partial charge in [-0.2, -0.15) is 0 Å². The molecule has 0 saturated carbocycles. The number of carbonyl (C=O) groups excluding carboxylic acids is 1. The van der Waals surface area contributed by atoms with E-state index in [1.165, 1.54) is 0 Å². The minimum Gasteiger partial charge on any atom is -0.384 e. The molecule has 1 aromatic heterocycles. The predicted octanol–water partition coefficient (Wildman–Crippen LogP) is 2.87. The molecular formula is C15H16N2O. The number of nitrogens with two attached hydrogens (primary N) is 1. The van der Waals surface area contributed by atoms with Gasteiger partial charge < -0.3 is 5.73 Å². The van der Waals surface area contributed by atoms with E-state index in [0.717, 1.165) is 24.0 Å². The van der Waals surface area contributed by atoms with E-state index in [1.54, 1.807) is 6.20 Å². The van der Waals surface area contributed by atoms with Crippen molar-refractivity contribution in [1.29, 1.82) is 0 Å². The van der Waals surface area contributed by atoms with Gasteiger partial charge in [0.2, 0.25) is 0 Å². The SMILES string of the molecule is Nc1cc(CCCC(=O)c2ccccc2)ccn1. The number of Topliss-reactive ketones (excluding diaryl/α,β-unsaturated/α-hetero) is 1. The Kier molecular flexibility index (Phi) is 4.07. The van der Waals surface area contributed by atoms with Crippen molar-refractivity contribution in [2.24, 2.45) is 0 Å². The van der Waals surface area contributed by atoms with Crippen LogP contribution in [0.3, 0.4) is 0 Å². The van der Waals surface area contributed by atoms with Crippen LogP contribution in [0.25, 0.3) is 0 Å². The van der Waals surface area contributed by atoms with Gasteiger partial charge in [0.25, 0.3) is 0 Å². The van der Waals surface area contributed by atoms with E-state index in [9.17, 15) is 4.79 Å². The lowest BCUT2D eigenvalue weighted by atomic mass is 10.0. The summed E-state index contributed by atoms with van der Waals surface area (Å²) in [5, 5.41) is 0. The second-order valence-electron chi connectivity index (χ2n) is 4.23. The molecule has 0 fully saturated rings. The molecule has 3 heteroatoms. The third kappa shape index (κ3) is 3.42. The van der Waals surface area contributed by atoms with Crippen molar-refractivity contribution in [2.75, 3.05) is 5.73 Å². The molecule has 0 unspecified atom stereocenters. The molecule has 92 valence electrons. The molecule has 0 saturated heterocycles. The normalized spacial score (nSPS) is 10.2. The summed E-state index contributed by atoms with van der Waals surface area (Å²) in [6.45, 7) is 0. The Balaban J connectivity index is 1.84. The number of carbonyl (C=O) groups is 1. The summed E-state index contributed by atoms with van der Waals surface area (Å²) < 4.78 is 0. The van der Waals surface area contributed by atoms with Crippen LogP contribution in [-0.2, 0) is 6.42 Å². The van der Waals surface area contributed by atoms with Crippen LogP contribution in [0.2, 0.25) is 0 Å². The fourth-order valence-electron chi connectivity index (χ4n) is 1.87. The van der Waals surface area contributed by atoms with Crippen LogP contribution in [0.5, 0.6) is 0 Å². The number of hydrogen-bond donors (Lipinski definition) is 1. The topological polar surface area (TPSA) is 56.0 Å². The molecule has 18 heavy (non-hydrogen) atoms. The molecule has 0 bridgehead atoms. The molecule has 0 atom stereocenters. The molecular weight excluding hydrogens is 224 g/mol. The zero-order chi connectivity index (χ0) is 12.8. The van der Waals surface area contributed by atoms with Gasteiger partial charge in [-0.25, -0.2) is 4.98 Å². The number of ketones is 1. The molecule has 2 N–H and O–H groups in total. The van der Waals surface area contributed by atoms with E-state index in [1.807, 2.05) is 42.5 Å². The Bertz CT molecular complexity index is 523. The number of benzene rings is 1. The smallest absolute Gasteiger partial charge is 0.162 e. The Labute approximate surface area is 107 Å². The van der Waals surface area contributed by atoms with Gasteiger partial charge in [-0.3, -0.25) is 4.79 Å². The summed E-state index contributed by atoms with van der Waals surface area (Å²) in [6.07, 6.45) is 3.94. The quantitative estimate of drug-likeness (QED) is 0.817. The monoisotopic (exact) mass is 240 g/mol. The molecule has 0 radical (unpaired) electrons. The Hall–Kier alpha value is -2.16. The van der Waals surface area contributed by atoms with Crippen LogP contribution in [0.1, 0.15) is 28.8 Å². The maximum atomic E-state index is 11.9. The first-order chi connectivity index (χ1) is 8.75. The van der Waals surface area contributed by atoms with Crippen molar-refractivity contribution >= 4 is 11.6 Å². The second kappa shape index (κ2) is 5.96.